The van der Waals surface area contributed by atoms with Gasteiger partial charge >= 0.3 is 5.97 Å². The molecule has 1 aromatic heterocycles. The topological polar surface area (TPSA) is 92.8 Å². The molecule has 1 aromatic carbocycles. The van der Waals surface area contributed by atoms with Gasteiger partial charge in [0.05, 0.1) is 6.61 Å². The van der Waals surface area contributed by atoms with E-state index >= 15 is 0 Å². The first-order valence-electron chi connectivity index (χ1n) is 8.98. The Bertz CT molecular complexity index is 891. The van der Waals surface area contributed by atoms with Crippen molar-refractivity contribution in [2.75, 3.05) is 18.5 Å². The fraction of sp³-hybridized carbons (Fsp3) is 0.300. The molecule has 8 heteroatoms. The number of carbonyl (C=O) groups is 4. The monoisotopic (exact) mass is 400 g/mol. The molecule has 1 aliphatic rings. The van der Waals surface area contributed by atoms with Crippen molar-refractivity contribution in [2.45, 2.75) is 26.2 Å². The molecular weight excluding hydrogens is 380 g/mol. The predicted octanol–water partition coefficient (Wildman–Crippen LogP) is 3.07. The maximum absolute atomic E-state index is 12.5. The highest BCUT2D eigenvalue weighted by Crippen LogP contribution is 2.36. The lowest BCUT2D eigenvalue weighted by Crippen LogP contribution is -2.32. The van der Waals surface area contributed by atoms with E-state index in [1.807, 2.05) is 30.3 Å². The molecule has 0 aliphatic carbocycles. The first-order chi connectivity index (χ1) is 13.5. The summed E-state index contributed by atoms with van der Waals surface area (Å²) in [6, 6.07) is 9.36. The first kappa shape index (κ1) is 19.8. The minimum atomic E-state index is -0.511. The number of likely N-dealkylation sites (tertiary alicyclic amines) is 1. The molecule has 3 amide bonds. The summed E-state index contributed by atoms with van der Waals surface area (Å²) in [6.07, 6.45) is 0.357. The number of esters is 1. The highest BCUT2D eigenvalue weighted by Gasteiger charge is 2.29. The second-order valence-corrected chi connectivity index (χ2v) is 7.06. The van der Waals surface area contributed by atoms with E-state index in [1.165, 1.54) is 11.3 Å². The number of carbonyl (C=O) groups excluding carboxylic acids is 4. The van der Waals surface area contributed by atoms with Crippen LogP contribution < -0.4 is 5.32 Å². The lowest BCUT2D eigenvalue weighted by atomic mass is 10.0. The highest BCUT2D eigenvalue weighted by molar-refractivity contribution is 7.15. The zero-order chi connectivity index (χ0) is 20.1. The zero-order valence-corrected chi connectivity index (χ0v) is 16.2. The van der Waals surface area contributed by atoms with Gasteiger partial charge in [0.2, 0.25) is 17.7 Å². The Morgan fingerprint density at radius 2 is 1.82 bits per heavy atom. The number of ether oxygens (including phenoxy) is 1. The maximum Gasteiger partial charge on any atom is 0.341 e. The van der Waals surface area contributed by atoms with Gasteiger partial charge in [-0.25, -0.2) is 4.79 Å². The summed E-state index contributed by atoms with van der Waals surface area (Å²) in [5, 5.41) is 4.91. The number of thiophene rings is 1. The fourth-order valence-electron chi connectivity index (χ4n) is 2.96. The van der Waals surface area contributed by atoms with Crippen LogP contribution in [0.25, 0.3) is 11.1 Å². The first-order valence-corrected chi connectivity index (χ1v) is 9.86. The van der Waals surface area contributed by atoms with Gasteiger partial charge in [0.15, 0.2) is 0 Å². The summed E-state index contributed by atoms with van der Waals surface area (Å²) in [6.45, 7) is 1.97. The number of hydrogen-bond donors (Lipinski definition) is 1. The Hall–Kier alpha value is -3.00. The van der Waals surface area contributed by atoms with Crippen LogP contribution in [0.15, 0.2) is 35.7 Å². The van der Waals surface area contributed by atoms with E-state index in [-0.39, 0.29) is 50.1 Å². The van der Waals surface area contributed by atoms with Gasteiger partial charge in [-0.3, -0.25) is 19.3 Å². The molecule has 1 fully saturated rings. The minimum Gasteiger partial charge on any atom is -0.462 e. The highest BCUT2D eigenvalue weighted by atomic mass is 32.1. The molecule has 0 saturated carbocycles. The van der Waals surface area contributed by atoms with Crippen molar-refractivity contribution in [3.63, 3.8) is 0 Å². The molecule has 146 valence electrons. The van der Waals surface area contributed by atoms with E-state index in [0.29, 0.717) is 16.1 Å². The number of nitrogens with one attached hydrogen (secondary N) is 1. The summed E-state index contributed by atoms with van der Waals surface area (Å²) < 4.78 is 5.16. The van der Waals surface area contributed by atoms with Crippen LogP contribution in [0.4, 0.5) is 5.00 Å². The quantitative estimate of drug-likeness (QED) is 0.570. The summed E-state index contributed by atoms with van der Waals surface area (Å²) >= 11 is 1.23. The normalized spacial score (nSPS) is 13.7. The van der Waals surface area contributed by atoms with E-state index < -0.39 is 5.97 Å². The molecule has 1 saturated heterocycles. The third-order valence-corrected chi connectivity index (χ3v) is 5.22. The summed E-state index contributed by atoms with van der Waals surface area (Å²) in [5.41, 5.74) is 1.83. The fourth-order valence-corrected chi connectivity index (χ4v) is 3.93. The van der Waals surface area contributed by atoms with Crippen molar-refractivity contribution in [1.29, 1.82) is 0 Å². The zero-order valence-electron chi connectivity index (χ0n) is 15.4. The van der Waals surface area contributed by atoms with E-state index in [2.05, 4.69) is 5.32 Å². The molecule has 7 nitrogen and oxygen atoms in total. The van der Waals surface area contributed by atoms with Gasteiger partial charge in [-0.15, -0.1) is 11.3 Å². The largest absolute Gasteiger partial charge is 0.462 e. The van der Waals surface area contributed by atoms with Crippen LogP contribution in [0.2, 0.25) is 0 Å². The number of nitrogens with zero attached hydrogens (tertiary/aromatic N) is 1. The van der Waals surface area contributed by atoms with Gasteiger partial charge in [0.25, 0.3) is 0 Å². The number of hydrogen-bond acceptors (Lipinski definition) is 6. The van der Waals surface area contributed by atoms with Crippen LogP contribution in [0.3, 0.4) is 0 Å². The Labute approximate surface area is 166 Å². The second-order valence-electron chi connectivity index (χ2n) is 6.18. The van der Waals surface area contributed by atoms with Crippen molar-refractivity contribution in [2.24, 2.45) is 0 Å². The standard InChI is InChI=1S/C20H20N2O5S/c1-2-27-20(26)18-14(13-6-4-3-5-7-13)12-28-19(18)21-15(23)10-11-22-16(24)8-9-17(22)25/h3-7,12H,2,8-11H2,1H3,(H,21,23). The molecule has 28 heavy (non-hydrogen) atoms. The Morgan fingerprint density at radius 1 is 1.14 bits per heavy atom. The lowest BCUT2D eigenvalue weighted by molar-refractivity contribution is -0.138. The van der Waals surface area contributed by atoms with E-state index in [4.69, 9.17) is 4.74 Å². The smallest absolute Gasteiger partial charge is 0.341 e. The van der Waals surface area contributed by atoms with E-state index in [0.717, 1.165) is 10.5 Å². The van der Waals surface area contributed by atoms with Crippen molar-refractivity contribution in [3.8, 4) is 11.1 Å². The molecule has 0 atom stereocenters. The van der Waals surface area contributed by atoms with Crippen molar-refractivity contribution in [1.82, 2.24) is 4.90 Å². The van der Waals surface area contributed by atoms with Crippen molar-refractivity contribution in [3.05, 3.63) is 41.3 Å². The Kier molecular flexibility index (Phi) is 6.20. The van der Waals surface area contributed by atoms with Gasteiger partial charge in [0, 0.05) is 36.8 Å². The predicted molar refractivity (Wildman–Crippen MR) is 105 cm³/mol. The van der Waals surface area contributed by atoms with Crippen molar-refractivity contribution >= 4 is 40.0 Å². The lowest BCUT2D eigenvalue weighted by Gasteiger charge is -2.13. The molecule has 0 unspecified atom stereocenters. The molecule has 0 radical (unpaired) electrons. The third kappa shape index (κ3) is 4.28. The Morgan fingerprint density at radius 3 is 2.46 bits per heavy atom. The average molecular weight is 400 g/mol. The van der Waals surface area contributed by atoms with Crippen molar-refractivity contribution < 1.29 is 23.9 Å². The summed E-state index contributed by atoms with van der Waals surface area (Å²) in [5.74, 6) is -1.40. The second kappa shape index (κ2) is 8.79. The van der Waals surface area contributed by atoms with Crippen LogP contribution in [0, 0.1) is 0 Å². The van der Waals surface area contributed by atoms with Gasteiger partial charge in [-0.05, 0) is 12.5 Å². The Balaban J connectivity index is 1.76. The molecule has 2 aromatic rings. The van der Waals surface area contributed by atoms with Gasteiger partial charge in [-0.1, -0.05) is 30.3 Å². The number of imide groups is 1. The van der Waals surface area contributed by atoms with Crippen LogP contribution in [0.1, 0.15) is 36.5 Å². The molecule has 2 heterocycles. The average Bonchev–Trinajstić information content (AvgIpc) is 3.24. The molecule has 0 bridgehead atoms. The molecule has 1 N–H and O–H groups in total. The molecule has 1 aliphatic heterocycles. The SMILES string of the molecule is CCOC(=O)c1c(-c2ccccc2)csc1NC(=O)CCN1C(=O)CCC1=O. The third-order valence-electron chi connectivity index (χ3n) is 4.33. The number of rotatable bonds is 7. The van der Waals surface area contributed by atoms with Crippen LogP contribution in [0.5, 0.6) is 0 Å². The van der Waals surface area contributed by atoms with Gasteiger partial charge in [-0.2, -0.15) is 0 Å². The number of benzene rings is 1. The van der Waals surface area contributed by atoms with Gasteiger partial charge in [0.1, 0.15) is 10.6 Å². The molecular formula is C20H20N2O5S. The van der Waals surface area contributed by atoms with Crippen LogP contribution in [-0.4, -0.2) is 41.7 Å². The molecule has 0 spiro atoms. The van der Waals surface area contributed by atoms with Gasteiger partial charge < -0.3 is 10.1 Å². The van der Waals surface area contributed by atoms with Crippen LogP contribution >= 0.6 is 11.3 Å². The number of anilines is 1. The minimum absolute atomic E-state index is 0.0294. The summed E-state index contributed by atoms with van der Waals surface area (Å²) in [4.78, 5) is 49.2. The van der Waals surface area contributed by atoms with E-state index in [9.17, 15) is 19.2 Å². The number of amides is 3. The maximum atomic E-state index is 12.5. The van der Waals surface area contributed by atoms with Crippen LogP contribution in [-0.2, 0) is 19.1 Å². The van der Waals surface area contributed by atoms with E-state index in [1.54, 1.807) is 12.3 Å². The summed E-state index contributed by atoms with van der Waals surface area (Å²) in [7, 11) is 0. The molecule has 3 rings (SSSR count).